The molecular formula is C8H15NS2. The molecule has 0 aromatic rings. The fourth-order valence-electron chi connectivity index (χ4n) is 2.39. The van der Waals surface area contributed by atoms with Gasteiger partial charge in [0, 0.05) is 12.6 Å². The van der Waals surface area contributed by atoms with Crippen LogP contribution in [0.1, 0.15) is 32.1 Å². The monoisotopic (exact) mass is 189 g/mol. The first-order valence-corrected chi connectivity index (χ1v) is 6.31. The van der Waals surface area contributed by atoms with Gasteiger partial charge in [-0.3, -0.25) is 0 Å². The van der Waals surface area contributed by atoms with Crippen LogP contribution in [0.15, 0.2) is 0 Å². The van der Waals surface area contributed by atoms with Gasteiger partial charge < -0.3 is 0 Å². The zero-order valence-corrected chi connectivity index (χ0v) is 8.41. The molecule has 0 aromatic heterocycles. The maximum absolute atomic E-state index is 4.27. The van der Waals surface area contributed by atoms with Crippen molar-refractivity contribution in [1.82, 2.24) is 4.31 Å². The molecule has 11 heavy (non-hydrogen) atoms. The molecule has 2 rings (SSSR count). The number of fused-ring (bicyclic) bond motifs is 2. The van der Waals surface area contributed by atoms with Crippen LogP contribution in [0.25, 0.3) is 0 Å². The highest BCUT2D eigenvalue weighted by atomic mass is 33.1. The fourth-order valence-corrected chi connectivity index (χ4v) is 3.54. The Bertz CT molecular complexity index is 140. The van der Waals surface area contributed by atoms with Gasteiger partial charge in [0.15, 0.2) is 0 Å². The molecule has 64 valence electrons. The summed E-state index contributed by atoms with van der Waals surface area (Å²) in [5, 5.41) is 0. The van der Waals surface area contributed by atoms with Gasteiger partial charge in [-0.15, -0.1) is 0 Å². The van der Waals surface area contributed by atoms with Crippen molar-refractivity contribution >= 4 is 22.6 Å². The van der Waals surface area contributed by atoms with E-state index in [9.17, 15) is 0 Å². The molecule has 2 aliphatic rings. The number of hydrogen-bond donors (Lipinski definition) is 1. The predicted octanol–water partition coefficient (Wildman–Crippen LogP) is 2.74. The largest absolute Gasteiger partial charge is 0.238 e. The molecule has 2 fully saturated rings. The summed E-state index contributed by atoms with van der Waals surface area (Å²) in [7, 11) is 1.64. The molecule has 1 heterocycles. The minimum Gasteiger partial charge on any atom is -0.238 e. The number of nitrogens with zero attached hydrogens (tertiary/aromatic N) is 1. The lowest BCUT2D eigenvalue weighted by atomic mass is 9.81. The quantitative estimate of drug-likeness (QED) is 0.384. The number of rotatable bonds is 1. The summed E-state index contributed by atoms with van der Waals surface area (Å²) in [5.74, 6) is 1.05. The molecule has 1 aliphatic carbocycles. The number of thiol groups is 1. The summed E-state index contributed by atoms with van der Waals surface area (Å²) in [6, 6.07) is 0.852. The predicted molar refractivity (Wildman–Crippen MR) is 53.6 cm³/mol. The van der Waals surface area contributed by atoms with Gasteiger partial charge in [0.05, 0.1) is 0 Å². The molecule has 0 amide bonds. The minimum atomic E-state index is 0.852. The Morgan fingerprint density at radius 3 is 3.00 bits per heavy atom. The smallest absolute Gasteiger partial charge is 0.0213 e. The average Bonchev–Trinajstić information content (AvgIpc) is 2.06. The van der Waals surface area contributed by atoms with Crippen molar-refractivity contribution in [3.8, 4) is 0 Å². The van der Waals surface area contributed by atoms with E-state index in [1.807, 2.05) is 0 Å². The van der Waals surface area contributed by atoms with E-state index in [0.29, 0.717) is 0 Å². The van der Waals surface area contributed by atoms with Crippen molar-refractivity contribution in [1.29, 1.82) is 0 Å². The van der Waals surface area contributed by atoms with E-state index in [1.54, 1.807) is 11.0 Å². The number of piperidine rings is 1. The summed E-state index contributed by atoms with van der Waals surface area (Å²) in [6.45, 7) is 1.27. The van der Waals surface area contributed by atoms with Crippen LogP contribution in [0.5, 0.6) is 0 Å². The Labute approximate surface area is 77.9 Å². The molecule has 1 nitrogen and oxygen atoms in total. The van der Waals surface area contributed by atoms with Crippen molar-refractivity contribution in [3.05, 3.63) is 0 Å². The fraction of sp³-hybridized carbons (Fsp3) is 1.00. The highest BCUT2D eigenvalue weighted by Gasteiger charge is 2.31. The van der Waals surface area contributed by atoms with Crippen molar-refractivity contribution in [2.45, 2.75) is 38.1 Å². The summed E-state index contributed by atoms with van der Waals surface area (Å²) in [5.41, 5.74) is 0. The third-order valence-corrected chi connectivity index (χ3v) is 4.34. The summed E-state index contributed by atoms with van der Waals surface area (Å²) in [6.07, 6.45) is 7.18. The van der Waals surface area contributed by atoms with Gasteiger partial charge in [-0.1, -0.05) is 24.5 Å². The van der Waals surface area contributed by atoms with Gasteiger partial charge in [0.1, 0.15) is 0 Å². The van der Waals surface area contributed by atoms with Crippen molar-refractivity contribution in [2.75, 3.05) is 6.54 Å². The zero-order chi connectivity index (χ0) is 7.68. The normalized spacial score (nSPS) is 39.0. The standard InChI is InChI=1S/C8H15NS2/c10-11-9-5-4-7-2-1-3-8(9)6-7/h7-8,10H,1-6H2. The lowest BCUT2D eigenvalue weighted by molar-refractivity contribution is 0.154. The average molecular weight is 189 g/mol. The SMILES string of the molecule is SSN1CCC2CCCC1C2. The van der Waals surface area contributed by atoms with E-state index in [2.05, 4.69) is 16.0 Å². The molecule has 0 radical (unpaired) electrons. The summed E-state index contributed by atoms with van der Waals surface area (Å²) in [4.78, 5) is 0. The molecule has 1 saturated heterocycles. The molecule has 0 aromatic carbocycles. The van der Waals surface area contributed by atoms with Gasteiger partial charge in [-0.25, -0.2) is 4.31 Å². The minimum absolute atomic E-state index is 0.852. The van der Waals surface area contributed by atoms with Gasteiger partial charge in [0.25, 0.3) is 0 Å². The Kier molecular flexibility index (Phi) is 2.69. The highest BCUT2D eigenvalue weighted by Crippen LogP contribution is 2.38. The van der Waals surface area contributed by atoms with E-state index in [1.165, 1.54) is 38.6 Å². The molecule has 2 bridgehead atoms. The van der Waals surface area contributed by atoms with Gasteiger partial charge >= 0.3 is 0 Å². The lowest BCUT2D eigenvalue weighted by Gasteiger charge is -2.41. The van der Waals surface area contributed by atoms with Crippen LogP contribution in [0.3, 0.4) is 0 Å². The third-order valence-electron chi connectivity index (χ3n) is 3.03. The maximum atomic E-state index is 4.27. The molecule has 0 N–H and O–H groups in total. The Morgan fingerprint density at radius 1 is 1.27 bits per heavy atom. The van der Waals surface area contributed by atoms with E-state index in [0.717, 1.165) is 12.0 Å². The topological polar surface area (TPSA) is 3.24 Å². The van der Waals surface area contributed by atoms with Crippen LogP contribution >= 0.6 is 22.6 Å². The molecule has 1 aliphatic heterocycles. The Hall–Kier alpha value is 0.660. The first-order valence-electron chi connectivity index (χ1n) is 4.48. The van der Waals surface area contributed by atoms with Crippen LogP contribution < -0.4 is 0 Å². The lowest BCUT2D eigenvalue weighted by Crippen LogP contribution is -2.40. The second-order valence-electron chi connectivity index (χ2n) is 3.70. The second kappa shape index (κ2) is 3.58. The Morgan fingerprint density at radius 2 is 2.18 bits per heavy atom. The van der Waals surface area contributed by atoms with Crippen LogP contribution in [-0.4, -0.2) is 16.9 Å². The third kappa shape index (κ3) is 1.70. The van der Waals surface area contributed by atoms with E-state index in [-0.39, 0.29) is 0 Å². The molecular weight excluding hydrogens is 174 g/mol. The zero-order valence-electron chi connectivity index (χ0n) is 6.70. The Balaban J connectivity index is 1.97. The summed E-state index contributed by atoms with van der Waals surface area (Å²) < 4.78 is 2.46. The van der Waals surface area contributed by atoms with Gasteiger partial charge in [-0.2, -0.15) is 0 Å². The van der Waals surface area contributed by atoms with Crippen LogP contribution in [0, 0.1) is 5.92 Å². The van der Waals surface area contributed by atoms with Gasteiger partial charge in [-0.05, 0) is 36.2 Å². The number of hydrogen-bond acceptors (Lipinski definition) is 3. The molecule has 0 spiro atoms. The molecule has 3 heteroatoms. The first-order chi connectivity index (χ1) is 5.40. The van der Waals surface area contributed by atoms with E-state index in [4.69, 9.17) is 0 Å². The maximum Gasteiger partial charge on any atom is 0.0213 e. The van der Waals surface area contributed by atoms with Crippen LogP contribution in [-0.2, 0) is 0 Å². The van der Waals surface area contributed by atoms with Crippen molar-refractivity contribution in [3.63, 3.8) is 0 Å². The molecule has 2 atom stereocenters. The second-order valence-corrected chi connectivity index (χ2v) is 4.82. The van der Waals surface area contributed by atoms with Gasteiger partial charge in [0.2, 0.25) is 0 Å². The summed E-state index contributed by atoms with van der Waals surface area (Å²) >= 11 is 4.27. The molecule has 1 saturated carbocycles. The molecule has 2 unspecified atom stereocenters. The highest BCUT2D eigenvalue weighted by molar-refractivity contribution is 8.67. The first kappa shape index (κ1) is 8.27. The van der Waals surface area contributed by atoms with Crippen LogP contribution in [0.2, 0.25) is 0 Å². The van der Waals surface area contributed by atoms with Crippen LogP contribution in [0.4, 0.5) is 0 Å². The van der Waals surface area contributed by atoms with Crippen molar-refractivity contribution < 1.29 is 0 Å². The van der Waals surface area contributed by atoms with E-state index < -0.39 is 0 Å². The van der Waals surface area contributed by atoms with Crippen molar-refractivity contribution in [2.24, 2.45) is 5.92 Å². The van der Waals surface area contributed by atoms with E-state index >= 15 is 0 Å².